The minimum atomic E-state index is -0.313. The van der Waals surface area contributed by atoms with Crippen molar-refractivity contribution in [1.29, 1.82) is 0 Å². The summed E-state index contributed by atoms with van der Waals surface area (Å²) in [7, 11) is 1.63. The summed E-state index contributed by atoms with van der Waals surface area (Å²) in [6, 6.07) is 24.6. The van der Waals surface area contributed by atoms with Crippen molar-refractivity contribution >= 4 is 11.6 Å². The highest BCUT2D eigenvalue weighted by Gasteiger charge is 2.36. The van der Waals surface area contributed by atoms with Gasteiger partial charge >= 0.3 is 0 Å². The Labute approximate surface area is 152 Å². The number of hydrogen-bond donors (Lipinski definition) is 0. The summed E-state index contributed by atoms with van der Waals surface area (Å²) >= 11 is 0. The summed E-state index contributed by atoms with van der Waals surface area (Å²) in [4.78, 5) is 14.8. The van der Waals surface area contributed by atoms with E-state index in [9.17, 15) is 4.79 Å². The topological polar surface area (TPSA) is 29.5 Å². The Balaban J connectivity index is 1.78. The fourth-order valence-corrected chi connectivity index (χ4v) is 3.14. The quantitative estimate of drug-likeness (QED) is 0.646. The predicted octanol–water partition coefficient (Wildman–Crippen LogP) is 4.45. The van der Waals surface area contributed by atoms with Gasteiger partial charge in [-0.3, -0.25) is 9.69 Å². The van der Waals surface area contributed by atoms with Crippen LogP contribution in [0.4, 0.5) is 5.69 Å². The zero-order chi connectivity index (χ0) is 17.9. The maximum Gasteiger partial charge on any atom is 0.260 e. The molecule has 0 radical (unpaired) electrons. The summed E-state index contributed by atoms with van der Waals surface area (Å²) < 4.78 is 5.22. The normalized spacial score (nSPS) is 15.2. The molecule has 0 spiro atoms. The van der Waals surface area contributed by atoms with Crippen molar-refractivity contribution in [2.24, 2.45) is 0 Å². The van der Waals surface area contributed by atoms with Gasteiger partial charge in [-0.1, -0.05) is 48.2 Å². The first kappa shape index (κ1) is 16.0. The van der Waals surface area contributed by atoms with Gasteiger partial charge in [-0.05, 0) is 48.0 Å². The Bertz CT molecular complexity index is 998. The molecule has 0 unspecified atom stereocenters. The molecule has 1 atom stereocenters. The number of nitrogens with zero attached hydrogens (tertiary/aromatic N) is 1. The number of benzene rings is 3. The zero-order valence-electron chi connectivity index (χ0n) is 14.3. The molecule has 0 aromatic heterocycles. The third-order valence-corrected chi connectivity index (χ3v) is 4.44. The molecule has 3 heteroatoms. The summed E-state index contributed by atoms with van der Waals surface area (Å²) in [6.07, 6.45) is 0. The molecule has 3 aromatic carbocycles. The molecule has 4 rings (SSSR count). The molecular weight excluding hydrogens is 322 g/mol. The van der Waals surface area contributed by atoms with Gasteiger partial charge in [0, 0.05) is 16.8 Å². The molecule has 1 heterocycles. The van der Waals surface area contributed by atoms with E-state index in [1.807, 2.05) is 78.9 Å². The number of anilines is 1. The first-order chi connectivity index (χ1) is 12.8. The average molecular weight is 339 g/mol. The Kier molecular flexibility index (Phi) is 4.17. The molecule has 1 aliphatic rings. The third-order valence-electron chi connectivity index (χ3n) is 4.44. The van der Waals surface area contributed by atoms with Crippen LogP contribution in [0.1, 0.15) is 27.5 Å². The van der Waals surface area contributed by atoms with Crippen molar-refractivity contribution < 1.29 is 9.53 Å². The third kappa shape index (κ3) is 2.82. The lowest BCUT2D eigenvalue weighted by atomic mass is 10.0. The Morgan fingerprint density at radius 2 is 1.58 bits per heavy atom. The van der Waals surface area contributed by atoms with Gasteiger partial charge < -0.3 is 4.74 Å². The molecule has 3 aromatic rings. The largest absolute Gasteiger partial charge is 0.497 e. The maximum atomic E-state index is 13.0. The van der Waals surface area contributed by atoms with Gasteiger partial charge in [-0.25, -0.2) is 0 Å². The Morgan fingerprint density at radius 1 is 0.885 bits per heavy atom. The lowest BCUT2D eigenvalue weighted by Crippen LogP contribution is -2.26. The summed E-state index contributed by atoms with van der Waals surface area (Å²) in [5, 5.41) is 0. The Morgan fingerprint density at radius 3 is 2.31 bits per heavy atom. The molecule has 1 aliphatic heterocycles. The van der Waals surface area contributed by atoms with Crippen LogP contribution in [0.5, 0.6) is 5.75 Å². The fourth-order valence-electron chi connectivity index (χ4n) is 3.14. The van der Waals surface area contributed by atoms with E-state index < -0.39 is 0 Å². The van der Waals surface area contributed by atoms with Crippen LogP contribution < -0.4 is 9.64 Å². The van der Waals surface area contributed by atoms with Crippen LogP contribution in [-0.2, 0) is 0 Å². The SMILES string of the molecule is COc1ccc(N2C(=O)c3ccccc3[C@@H]2C#Cc2ccccc2)cc1. The van der Waals surface area contributed by atoms with Gasteiger partial charge in [0.15, 0.2) is 0 Å². The second kappa shape index (κ2) is 6.78. The lowest BCUT2D eigenvalue weighted by molar-refractivity contribution is 0.0994. The Hall–Kier alpha value is -3.51. The highest BCUT2D eigenvalue weighted by atomic mass is 16.5. The van der Waals surface area contributed by atoms with Crippen LogP contribution in [-0.4, -0.2) is 13.0 Å². The minimum Gasteiger partial charge on any atom is -0.497 e. The first-order valence-electron chi connectivity index (χ1n) is 8.41. The van der Waals surface area contributed by atoms with Crippen molar-refractivity contribution in [3.63, 3.8) is 0 Å². The molecule has 0 N–H and O–H groups in total. The van der Waals surface area contributed by atoms with Crippen molar-refractivity contribution in [3.8, 4) is 17.6 Å². The number of hydrogen-bond acceptors (Lipinski definition) is 2. The van der Waals surface area contributed by atoms with Gasteiger partial charge in [-0.2, -0.15) is 0 Å². The van der Waals surface area contributed by atoms with Crippen LogP contribution in [0.15, 0.2) is 78.9 Å². The van der Waals surface area contributed by atoms with Crippen molar-refractivity contribution in [2.45, 2.75) is 6.04 Å². The summed E-state index contributed by atoms with van der Waals surface area (Å²) in [5.74, 6) is 7.21. The number of carbonyl (C=O) groups is 1. The van der Waals surface area contributed by atoms with Crippen LogP contribution >= 0.6 is 0 Å². The maximum absolute atomic E-state index is 13.0. The summed E-state index contributed by atoms with van der Waals surface area (Å²) in [5.41, 5.74) is 3.38. The van der Waals surface area contributed by atoms with Gasteiger partial charge in [0.05, 0.1) is 7.11 Å². The second-order valence-electron chi connectivity index (χ2n) is 6.00. The van der Waals surface area contributed by atoms with E-state index >= 15 is 0 Å². The molecule has 26 heavy (non-hydrogen) atoms. The minimum absolute atomic E-state index is 0.0295. The first-order valence-corrected chi connectivity index (χ1v) is 8.41. The van der Waals surface area contributed by atoms with Crippen LogP contribution in [0.3, 0.4) is 0 Å². The number of amides is 1. The van der Waals surface area contributed by atoms with Gasteiger partial charge in [0.1, 0.15) is 11.8 Å². The smallest absolute Gasteiger partial charge is 0.260 e. The van der Waals surface area contributed by atoms with E-state index in [-0.39, 0.29) is 11.9 Å². The average Bonchev–Trinajstić information content (AvgIpc) is 2.99. The van der Waals surface area contributed by atoms with E-state index in [1.165, 1.54) is 0 Å². The van der Waals surface area contributed by atoms with Crippen LogP contribution in [0, 0.1) is 11.8 Å². The van der Waals surface area contributed by atoms with Crippen molar-refractivity contribution in [2.75, 3.05) is 12.0 Å². The molecule has 0 aliphatic carbocycles. The lowest BCUT2D eigenvalue weighted by Gasteiger charge is -2.21. The van der Waals surface area contributed by atoms with Gasteiger partial charge in [-0.15, -0.1) is 0 Å². The van der Waals surface area contributed by atoms with E-state index in [2.05, 4.69) is 11.8 Å². The number of ether oxygens (including phenoxy) is 1. The number of methoxy groups -OCH3 is 1. The fraction of sp³-hybridized carbons (Fsp3) is 0.0870. The molecular formula is C23H17NO2. The van der Waals surface area contributed by atoms with E-state index in [1.54, 1.807) is 12.0 Å². The monoisotopic (exact) mass is 339 g/mol. The molecule has 1 amide bonds. The second-order valence-corrected chi connectivity index (χ2v) is 6.00. The molecule has 3 nitrogen and oxygen atoms in total. The highest BCUT2D eigenvalue weighted by molar-refractivity contribution is 6.11. The molecule has 0 bridgehead atoms. The van der Waals surface area contributed by atoms with E-state index in [0.717, 1.165) is 22.6 Å². The molecule has 0 saturated heterocycles. The number of fused-ring (bicyclic) bond motifs is 1. The molecule has 0 fully saturated rings. The highest BCUT2D eigenvalue weighted by Crippen LogP contribution is 2.37. The predicted molar refractivity (Wildman–Crippen MR) is 102 cm³/mol. The van der Waals surface area contributed by atoms with Crippen molar-refractivity contribution in [3.05, 3.63) is 95.6 Å². The molecule has 0 saturated carbocycles. The van der Waals surface area contributed by atoms with Gasteiger partial charge in [0.25, 0.3) is 5.91 Å². The van der Waals surface area contributed by atoms with Crippen LogP contribution in [0.2, 0.25) is 0 Å². The molecule has 126 valence electrons. The zero-order valence-corrected chi connectivity index (χ0v) is 14.3. The van der Waals surface area contributed by atoms with E-state index in [0.29, 0.717) is 5.56 Å². The summed E-state index contributed by atoms with van der Waals surface area (Å²) in [6.45, 7) is 0. The number of carbonyl (C=O) groups excluding carboxylic acids is 1. The number of rotatable bonds is 2. The van der Waals surface area contributed by atoms with Crippen LogP contribution in [0.25, 0.3) is 0 Å². The van der Waals surface area contributed by atoms with E-state index in [4.69, 9.17) is 4.74 Å². The van der Waals surface area contributed by atoms with Crippen molar-refractivity contribution in [1.82, 2.24) is 0 Å². The van der Waals surface area contributed by atoms with Gasteiger partial charge in [0.2, 0.25) is 0 Å². The standard InChI is InChI=1S/C23H17NO2/c1-26-19-14-12-18(13-15-19)24-22(16-11-17-7-3-2-4-8-17)20-9-5-6-10-21(20)23(24)25/h2-10,12-15,22H,1H3/t22-/m0/s1.